The molecule has 0 bridgehead atoms. The molecular formula is C28H24F2N2O4S. The van der Waals surface area contributed by atoms with Crippen molar-refractivity contribution in [2.75, 3.05) is 12.4 Å². The molecule has 0 N–H and O–H groups in total. The second-order valence-electron chi connectivity index (χ2n) is 8.38. The molecule has 0 radical (unpaired) electrons. The number of rotatable bonds is 8. The van der Waals surface area contributed by atoms with Gasteiger partial charge in [0.1, 0.15) is 24.7 Å². The average Bonchev–Trinajstić information content (AvgIpc) is 3.05. The summed E-state index contributed by atoms with van der Waals surface area (Å²) in [5, 5.41) is 0.399. The highest BCUT2D eigenvalue weighted by Crippen LogP contribution is 2.45. The van der Waals surface area contributed by atoms with Crippen LogP contribution in [0.25, 0.3) is 10.9 Å². The molecule has 1 aliphatic heterocycles. The van der Waals surface area contributed by atoms with Crippen molar-refractivity contribution < 1.29 is 27.8 Å². The number of pyridine rings is 2. The van der Waals surface area contributed by atoms with Crippen LogP contribution in [-0.4, -0.2) is 28.3 Å². The summed E-state index contributed by atoms with van der Waals surface area (Å²) < 4.78 is 44.3. The monoisotopic (exact) mass is 522 g/mol. The molecule has 5 rings (SSSR count). The number of carbonyl (C=O) groups excluding carboxylic acids is 1. The van der Waals surface area contributed by atoms with Crippen molar-refractivity contribution in [1.82, 2.24) is 9.97 Å². The van der Waals surface area contributed by atoms with E-state index in [0.717, 1.165) is 34.7 Å². The summed E-state index contributed by atoms with van der Waals surface area (Å²) in [5.74, 6) is -0.171. The van der Waals surface area contributed by atoms with Gasteiger partial charge in [-0.1, -0.05) is 12.1 Å². The third kappa shape index (κ3) is 5.67. The maximum absolute atomic E-state index is 13.6. The lowest BCUT2D eigenvalue weighted by Crippen LogP contribution is -2.07. The second kappa shape index (κ2) is 11.1. The zero-order chi connectivity index (χ0) is 25.8. The molecule has 0 spiro atoms. The van der Waals surface area contributed by atoms with Crippen LogP contribution in [0, 0.1) is 11.6 Å². The smallest absolute Gasteiger partial charge is 0.306 e. The van der Waals surface area contributed by atoms with Crippen LogP contribution in [-0.2, 0) is 22.7 Å². The average molecular weight is 523 g/mol. The Bertz CT molecular complexity index is 1450. The van der Waals surface area contributed by atoms with E-state index in [2.05, 4.69) is 9.97 Å². The molecule has 3 heterocycles. The fourth-order valence-electron chi connectivity index (χ4n) is 4.15. The minimum atomic E-state index is -0.940. The zero-order valence-electron chi connectivity index (χ0n) is 20.1. The molecule has 2 aromatic carbocycles. The number of benzene rings is 2. The number of aromatic nitrogens is 2. The summed E-state index contributed by atoms with van der Waals surface area (Å²) in [7, 11) is 0. The van der Waals surface area contributed by atoms with Crippen molar-refractivity contribution in [2.24, 2.45) is 0 Å². The summed E-state index contributed by atoms with van der Waals surface area (Å²) in [6.07, 6.45) is 2.04. The van der Waals surface area contributed by atoms with E-state index < -0.39 is 11.6 Å². The van der Waals surface area contributed by atoms with Gasteiger partial charge in [-0.3, -0.25) is 9.78 Å². The number of hydrogen-bond donors (Lipinski definition) is 0. The van der Waals surface area contributed by atoms with Crippen molar-refractivity contribution in [3.63, 3.8) is 0 Å². The van der Waals surface area contributed by atoms with E-state index in [1.165, 1.54) is 0 Å². The van der Waals surface area contributed by atoms with Crippen molar-refractivity contribution in [1.29, 1.82) is 0 Å². The van der Waals surface area contributed by atoms with E-state index in [4.69, 9.17) is 14.2 Å². The molecule has 9 heteroatoms. The number of esters is 1. The SMILES string of the molecule is CCOC(=O)CCSC1c2cc(OCc3ccc4cc(F)c(F)cc4n3)ccc2OCc2ncccc21. The van der Waals surface area contributed by atoms with Gasteiger partial charge >= 0.3 is 5.97 Å². The fourth-order valence-corrected chi connectivity index (χ4v) is 5.42. The molecular weight excluding hydrogens is 498 g/mol. The number of thioether (sulfide) groups is 1. The van der Waals surface area contributed by atoms with Crippen LogP contribution in [0.15, 0.2) is 60.8 Å². The van der Waals surface area contributed by atoms with Gasteiger partial charge in [-0.15, -0.1) is 11.8 Å². The summed E-state index contributed by atoms with van der Waals surface area (Å²) in [6, 6.07) is 15.1. The highest BCUT2D eigenvalue weighted by molar-refractivity contribution is 7.99. The number of fused-ring (bicyclic) bond motifs is 3. The topological polar surface area (TPSA) is 70.5 Å². The quantitative estimate of drug-likeness (QED) is 0.257. The molecule has 1 atom stereocenters. The number of nitrogens with zero attached hydrogens (tertiary/aromatic N) is 2. The van der Waals surface area contributed by atoms with Crippen LogP contribution in [0.1, 0.15) is 41.1 Å². The molecule has 0 amide bonds. The second-order valence-corrected chi connectivity index (χ2v) is 9.60. The molecule has 0 saturated carbocycles. The first-order valence-electron chi connectivity index (χ1n) is 11.9. The molecule has 1 unspecified atom stereocenters. The molecule has 190 valence electrons. The standard InChI is InChI=1S/C28H24F2N2O4S/c1-2-34-27(33)9-11-37-28-20-4-3-10-31-25(20)16-36-26-8-7-19(13-21(26)28)35-15-18-6-5-17-12-22(29)23(30)14-24(17)32-18/h3-8,10,12-14,28H,2,9,11,15-16H2,1H3. The predicted molar refractivity (Wildman–Crippen MR) is 137 cm³/mol. The van der Waals surface area contributed by atoms with Crippen molar-refractivity contribution in [3.8, 4) is 11.5 Å². The largest absolute Gasteiger partial charge is 0.487 e. The van der Waals surface area contributed by atoms with Crippen molar-refractivity contribution >= 4 is 28.6 Å². The Labute approximate surface area is 217 Å². The molecule has 0 aliphatic carbocycles. The fraction of sp³-hybridized carbons (Fsp3) is 0.250. The first kappa shape index (κ1) is 25.0. The van der Waals surface area contributed by atoms with E-state index in [-0.39, 0.29) is 17.8 Å². The third-order valence-electron chi connectivity index (χ3n) is 5.91. The van der Waals surface area contributed by atoms with Crippen LogP contribution in [0.4, 0.5) is 8.78 Å². The molecule has 2 aromatic heterocycles. The number of carbonyl (C=O) groups is 1. The van der Waals surface area contributed by atoms with E-state index >= 15 is 0 Å². The van der Waals surface area contributed by atoms with Gasteiger partial charge in [0.25, 0.3) is 0 Å². The molecule has 1 aliphatic rings. The van der Waals surface area contributed by atoms with Gasteiger partial charge in [-0.05, 0) is 48.9 Å². The minimum absolute atomic E-state index is 0.115. The molecule has 6 nitrogen and oxygen atoms in total. The molecule has 4 aromatic rings. The molecule has 0 saturated heterocycles. The van der Waals surface area contributed by atoms with Gasteiger partial charge in [0.05, 0.1) is 35.2 Å². The van der Waals surface area contributed by atoms with Crippen LogP contribution in [0.5, 0.6) is 11.5 Å². The number of ether oxygens (including phenoxy) is 3. The Kier molecular flexibility index (Phi) is 7.50. The van der Waals surface area contributed by atoms with Gasteiger partial charge in [-0.2, -0.15) is 0 Å². The summed E-state index contributed by atoms with van der Waals surface area (Å²) in [5.41, 5.74) is 3.73. The molecule has 0 fully saturated rings. The summed E-state index contributed by atoms with van der Waals surface area (Å²) >= 11 is 1.62. The summed E-state index contributed by atoms with van der Waals surface area (Å²) in [6.45, 7) is 2.64. The Morgan fingerprint density at radius 1 is 1.11 bits per heavy atom. The van der Waals surface area contributed by atoms with Crippen LogP contribution in [0.3, 0.4) is 0 Å². The lowest BCUT2D eigenvalue weighted by Gasteiger charge is -2.19. The van der Waals surface area contributed by atoms with E-state index in [0.29, 0.717) is 47.7 Å². The first-order valence-corrected chi connectivity index (χ1v) is 12.9. The normalized spacial score (nSPS) is 14.3. The third-order valence-corrected chi connectivity index (χ3v) is 7.19. The maximum atomic E-state index is 13.6. The lowest BCUT2D eigenvalue weighted by molar-refractivity contribution is -0.142. The van der Waals surface area contributed by atoms with E-state index in [1.807, 2.05) is 30.3 Å². The van der Waals surface area contributed by atoms with Gasteiger partial charge in [-0.25, -0.2) is 13.8 Å². The maximum Gasteiger partial charge on any atom is 0.306 e. The Balaban J connectivity index is 1.38. The van der Waals surface area contributed by atoms with Crippen LogP contribution in [0.2, 0.25) is 0 Å². The Hall–Kier alpha value is -3.72. The minimum Gasteiger partial charge on any atom is -0.487 e. The number of hydrogen-bond acceptors (Lipinski definition) is 7. The predicted octanol–water partition coefficient (Wildman–Crippen LogP) is 6.16. The van der Waals surface area contributed by atoms with E-state index in [9.17, 15) is 13.6 Å². The van der Waals surface area contributed by atoms with Gasteiger partial charge in [0.15, 0.2) is 11.6 Å². The summed E-state index contributed by atoms with van der Waals surface area (Å²) in [4.78, 5) is 20.8. The van der Waals surface area contributed by atoms with Crippen molar-refractivity contribution in [2.45, 2.75) is 31.8 Å². The Morgan fingerprint density at radius 2 is 1.97 bits per heavy atom. The molecule has 37 heavy (non-hydrogen) atoms. The zero-order valence-corrected chi connectivity index (χ0v) is 20.9. The Morgan fingerprint density at radius 3 is 2.84 bits per heavy atom. The van der Waals surface area contributed by atoms with Gasteiger partial charge < -0.3 is 14.2 Å². The van der Waals surface area contributed by atoms with E-state index in [1.54, 1.807) is 37.0 Å². The van der Waals surface area contributed by atoms with Gasteiger partial charge in [0.2, 0.25) is 0 Å². The number of halogens is 2. The van der Waals surface area contributed by atoms with Crippen LogP contribution < -0.4 is 9.47 Å². The van der Waals surface area contributed by atoms with Crippen molar-refractivity contribution in [3.05, 3.63) is 94.9 Å². The lowest BCUT2D eigenvalue weighted by atomic mass is 10.0. The van der Waals surface area contributed by atoms with Gasteiger partial charge in [0, 0.05) is 29.0 Å². The highest BCUT2D eigenvalue weighted by atomic mass is 32.2. The first-order chi connectivity index (χ1) is 18.0. The highest BCUT2D eigenvalue weighted by Gasteiger charge is 2.27. The van der Waals surface area contributed by atoms with Crippen LogP contribution >= 0.6 is 11.8 Å².